The van der Waals surface area contributed by atoms with Gasteiger partial charge in [0.05, 0.1) is 0 Å². The van der Waals surface area contributed by atoms with E-state index in [1.54, 1.807) is 0 Å². The minimum Gasteiger partial charge on any atom is -0.455 e. The number of nitrogens with zero attached hydrogens (tertiary/aromatic N) is 2. The highest BCUT2D eigenvalue weighted by Gasteiger charge is 2.25. The Morgan fingerprint density at radius 3 is 1.65 bits per heavy atom. The molecule has 8 aromatic carbocycles. The largest absolute Gasteiger partial charge is 0.455 e. The highest BCUT2D eigenvalue weighted by atomic mass is 16.3. The molecule has 0 aliphatic carbocycles. The molecule has 1 aliphatic heterocycles. The van der Waals surface area contributed by atoms with Crippen molar-refractivity contribution in [2.75, 3.05) is 0 Å². The van der Waals surface area contributed by atoms with Gasteiger partial charge in [0, 0.05) is 33.0 Å². The minimum absolute atomic E-state index is 0.491. The van der Waals surface area contributed by atoms with Crippen LogP contribution in [0.5, 0.6) is 0 Å². The lowest BCUT2D eigenvalue weighted by molar-refractivity contribution is 0.668. The Labute approximate surface area is 295 Å². The molecule has 0 bridgehead atoms. The predicted octanol–water partition coefficient (Wildman–Crippen LogP) is 11.7. The summed E-state index contributed by atoms with van der Waals surface area (Å²) in [4.78, 5) is 10.5. The van der Waals surface area contributed by atoms with Gasteiger partial charge >= 0.3 is 0 Å². The normalized spacial score (nSPS) is 13.4. The van der Waals surface area contributed by atoms with Gasteiger partial charge in [-0.2, -0.15) is 0 Å². The Hall–Kier alpha value is -6.78. The number of hydrogen-bond acceptors (Lipinski definition) is 4. The van der Waals surface area contributed by atoms with Gasteiger partial charge in [-0.3, -0.25) is 0 Å². The van der Waals surface area contributed by atoms with Gasteiger partial charge in [0.2, 0.25) is 0 Å². The molecule has 9 aromatic rings. The van der Waals surface area contributed by atoms with Crippen LogP contribution in [-0.4, -0.2) is 11.7 Å². The molecule has 4 heteroatoms. The first-order valence-corrected chi connectivity index (χ1v) is 17.3. The van der Waals surface area contributed by atoms with E-state index in [4.69, 9.17) is 14.4 Å². The fraction of sp³-hybridized carbons (Fsp3) is 0.0213. The minimum atomic E-state index is -0.491. The number of aliphatic imine (C=N–C) groups is 2. The molecule has 1 aromatic heterocycles. The molecule has 0 atom stereocenters. The van der Waals surface area contributed by atoms with Crippen molar-refractivity contribution in [3.8, 4) is 22.3 Å². The van der Waals surface area contributed by atoms with Crippen molar-refractivity contribution in [3.05, 3.63) is 193 Å². The zero-order valence-electron chi connectivity index (χ0n) is 27.6. The van der Waals surface area contributed by atoms with Crippen molar-refractivity contribution in [1.29, 1.82) is 0 Å². The van der Waals surface area contributed by atoms with E-state index >= 15 is 0 Å². The van der Waals surface area contributed by atoms with Gasteiger partial charge in [-0.15, -0.1) is 0 Å². The van der Waals surface area contributed by atoms with E-state index in [1.165, 1.54) is 21.5 Å². The topological polar surface area (TPSA) is 49.9 Å². The third-order valence-electron chi connectivity index (χ3n) is 9.88. The van der Waals surface area contributed by atoms with Crippen LogP contribution in [0, 0.1) is 0 Å². The quantitative estimate of drug-likeness (QED) is 0.201. The Morgan fingerprint density at radius 2 is 1.00 bits per heavy atom. The van der Waals surface area contributed by atoms with Gasteiger partial charge in [-0.1, -0.05) is 146 Å². The third kappa shape index (κ3) is 5.17. The molecule has 0 fully saturated rings. The molecule has 4 nitrogen and oxygen atoms in total. The van der Waals surface area contributed by atoms with Gasteiger partial charge in [0.1, 0.15) is 22.8 Å². The Bertz CT molecular complexity index is 2780. The van der Waals surface area contributed by atoms with Crippen molar-refractivity contribution >= 4 is 55.2 Å². The molecule has 10 rings (SSSR count). The SMILES string of the molecule is c1ccc(C2=NC(c3cccc4oc5c(-c6ccc7ccccc7c6)cc(-c6ccc7ccccc7c6)cc5c34)N=C(c3ccccc3)N2)cc1. The average Bonchev–Trinajstić information content (AvgIpc) is 3.59. The van der Waals surface area contributed by atoms with Crippen LogP contribution in [0.3, 0.4) is 0 Å². The molecular formula is C47H31N3O. The number of benzene rings is 8. The van der Waals surface area contributed by atoms with Crippen LogP contribution in [0.25, 0.3) is 65.7 Å². The van der Waals surface area contributed by atoms with Crippen LogP contribution in [-0.2, 0) is 0 Å². The zero-order chi connectivity index (χ0) is 33.7. The second-order valence-corrected chi connectivity index (χ2v) is 13.0. The fourth-order valence-corrected chi connectivity index (χ4v) is 7.35. The number of fused-ring (bicyclic) bond motifs is 5. The molecule has 0 saturated carbocycles. The molecule has 0 spiro atoms. The van der Waals surface area contributed by atoms with Crippen molar-refractivity contribution in [1.82, 2.24) is 5.32 Å². The maximum absolute atomic E-state index is 6.85. The second-order valence-electron chi connectivity index (χ2n) is 13.0. The lowest BCUT2D eigenvalue weighted by Gasteiger charge is -2.22. The monoisotopic (exact) mass is 653 g/mol. The smallest absolute Gasteiger partial charge is 0.170 e. The van der Waals surface area contributed by atoms with Gasteiger partial charge < -0.3 is 9.73 Å². The molecule has 0 saturated heterocycles. The van der Waals surface area contributed by atoms with Crippen LogP contribution in [0.4, 0.5) is 0 Å². The lowest BCUT2D eigenvalue weighted by atomic mass is 9.93. The molecule has 0 amide bonds. The Morgan fingerprint density at radius 1 is 0.431 bits per heavy atom. The number of nitrogens with one attached hydrogen (secondary N) is 1. The van der Waals surface area contributed by atoms with Crippen molar-refractivity contribution in [2.24, 2.45) is 9.98 Å². The summed E-state index contributed by atoms with van der Waals surface area (Å²) in [5.41, 5.74) is 9.11. The summed E-state index contributed by atoms with van der Waals surface area (Å²) in [6, 6.07) is 61.7. The first kappa shape index (κ1) is 29.2. The summed E-state index contributed by atoms with van der Waals surface area (Å²) in [7, 11) is 0. The number of furan rings is 1. The van der Waals surface area contributed by atoms with Crippen LogP contribution >= 0.6 is 0 Å². The Balaban J connectivity index is 1.23. The highest BCUT2D eigenvalue weighted by molar-refractivity contribution is 6.17. The van der Waals surface area contributed by atoms with Crippen molar-refractivity contribution in [3.63, 3.8) is 0 Å². The van der Waals surface area contributed by atoms with Crippen LogP contribution in [0.15, 0.2) is 190 Å². The van der Waals surface area contributed by atoms with E-state index in [1.807, 2.05) is 36.4 Å². The molecule has 2 heterocycles. The third-order valence-corrected chi connectivity index (χ3v) is 9.88. The van der Waals surface area contributed by atoms with Gasteiger partial charge in [0.25, 0.3) is 0 Å². The van der Waals surface area contributed by atoms with Crippen LogP contribution in [0.1, 0.15) is 22.9 Å². The molecule has 240 valence electrons. The second kappa shape index (κ2) is 12.0. The molecule has 1 N–H and O–H groups in total. The summed E-state index contributed by atoms with van der Waals surface area (Å²) in [5, 5.41) is 10.4. The first-order valence-electron chi connectivity index (χ1n) is 17.3. The van der Waals surface area contributed by atoms with Crippen LogP contribution in [0.2, 0.25) is 0 Å². The van der Waals surface area contributed by atoms with Gasteiger partial charge in [-0.05, 0) is 68.6 Å². The van der Waals surface area contributed by atoms with E-state index in [2.05, 4.69) is 145 Å². The van der Waals surface area contributed by atoms with Crippen molar-refractivity contribution in [2.45, 2.75) is 6.17 Å². The predicted molar refractivity (Wildman–Crippen MR) is 211 cm³/mol. The van der Waals surface area contributed by atoms with E-state index in [0.29, 0.717) is 0 Å². The van der Waals surface area contributed by atoms with E-state index in [0.717, 1.165) is 72.6 Å². The zero-order valence-corrected chi connectivity index (χ0v) is 27.6. The summed E-state index contributed by atoms with van der Waals surface area (Å²) in [6.07, 6.45) is -0.491. The molecule has 51 heavy (non-hydrogen) atoms. The molecule has 1 aliphatic rings. The highest BCUT2D eigenvalue weighted by Crippen LogP contribution is 2.43. The first-order chi connectivity index (χ1) is 25.2. The summed E-state index contributed by atoms with van der Waals surface area (Å²) in [5.74, 6) is 1.57. The van der Waals surface area contributed by atoms with Crippen LogP contribution < -0.4 is 5.32 Å². The standard InChI is InChI=1S/C47H31N3O/c1-3-14-32(15-4-1)45-48-46(33-16-5-2-6-17-33)50-47(49-45)39-20-11-21-42-43(39)41-29-38(36-24-22-30-12-7-9-18-34(30)26-36)28-40(44(41)51-42)37-25-23-31-13-8-10-19-35(31)27-37/h1-29,47H,(H,48,49,50). The molecule has 0 radical (unpaired) electrons. The van der Waals surface area contributed by atoms with E-state index < -0.39 is 6.17 Å². The Kier molecular flexibility index (Phi) is 6.85. The maximum atomic E-state index is 6.85. The number of rotatable bonds is 5. The maximum Gasteiger partial charge on any atom is 0.170 e. The molecule has 0 unspecified atom stereocenters. The summed E-state index contributed by atoms with van der Waals surface area (Å²) < 4.78 is 6.85. The van der Waals surface area contributed by atoms with Crippen molar-refractivity contribution < 1.29 is 4.42 Å². The van der Waals surface area contributed by atoms with E-state index in [-0.39, 0.29) is 0 Å². The number of amidine groups is 2. The number of hydrogen-bond donors (Lipinski definition) is 1. The summed E-state index contributed by atoms with van der Waals surface area (Å²) in [6.45, 7) is 0. The lowest BCUT2D eigenvalue weighted by Crippen LogP contribution is -2.36. The van der Waals surface area contributed by atoms with E-state index in [9.17, 15) is 0 Å². The van der Waals surface area contributed by atoms with Gasteiger partial charge in [-0.25, -0.2) is 9.98 Å². The van der Waals surface area contributed by atoms with Gasteiger partial charge in [0.15, 0.2) is 6.17 Å². The molecular weight excluding hydrogens is 623 g/mol. The average molecular weight is 654 g/mol. The summed E-state index contributed by atoms with van der Waals surface area (Å²) >= 11 is 0. The fourth-order valence-electron chi connectivity index (χ4n) is 7.35.